The Morgan fingerprint density at radius 1 is 0.829 bits per heavy atom. The van der Waals surface area contributed by atoms with Crippen molar-refractivity contribution in [3.8, 4) is 28.6 Å². The van der Waals surface area contributed by atoms with E-state index in [0.29, 0.717) is 5.56 Å². The zero-order chi connectivity index (χ0) is 29.7. The number of aliphatic hydroxyl groups excluding tert-OH is 7. The van der Waals surface area contributed by atoms with Crippen molar-refractivity contribution in [1.29, 1.82) is 0 Å². The molecule has 3 aromatic rings. The molecule has 3 heterocycles. The average Bonchev–Trinajstić information content (AvgIpc) is 2.94. The minimum atomic E-state index is -1.90. The molecule has 2 aliphatic heterocycles. The molecule has 0 radical (unpaired) electrons. The van der Waals surface area contributed by atoms with E-state index in [0.717, 1.165) is 12.1 Å². The van der Waals surface area contributed by atoms with Gasteiger partial charge in [-0.15, -0.1) is 0 Å². The molecular weight excluding hydrogens is 548 g/mol. The monoisotopic (exact) mass is 578 g/mol. The maximum absolute atomic E-state index is 13.2. The Balaban J connectivity index is 1.69. The summed E-state index contributed by atoms with van der Waals surface area (Å²) in [6.45, 7) is 0.631. The molecule has 41 heavy (non-hydrogen) atoms. The van der Waals surface area contributed by atoms with Gasteiger partial charge in [-0.1, -0.05) is 0 Å². The molecule has 2 saturated heterocycles. The third-order valence-corrected chi connectivity index (χ3v) is 7.37. The Morgan fingerprint density at radius 2 is 1.49 bits per heavy atom. The third-order valence-electron chi connectivity index (χ3n) is 7.37. The summed E-state index contributed by atoms with van der Waals surface area (Å²) in [6.07, 6.45) is -16.1. The van der Waals surface area contributed by atoms with Gasteiger partial charge in [0.1, 0.15) is 82.8 Å². The minimum Gasteiger partial charge on any atom is -0.508 e. The topological polar surface area (TPSA) is 240 Å². The van der Waals surface area contributed by atoms with E-state index in [2.05, 4.69) is 0 Å². The SMILES string of the molecule is C[C@H]1O[C@@H](Oc2cc3oc(-c4ccc(O)cc4)cc(=O)c3c(O)c2[C@@H]2O[C@H](CO)[C@@H](O)[C@H](O)[C@H]2O)[C@H](O)[C@@H](O)[C@H]1O. The second-order valence-corrected chi connectivity index (χ2v) is 10.1. The van der Waals surface area contributed by atoms with Gasteiger partial charge in [0.05, 0.1) is 18.3 Å². The average molecular weight is 579 g/mol. The van der Waals surface area contributed by atoms with E-state index < -0.39 is 84.6 Å². The fraction of sp³-hybridized carbons (Fsp3) is 0.444. The smallest absolute Gasteiger partial charge is 0.229 e. The third kappa shape index (κ3) is 5.14. The van der Waals surface area contributed by atoms with E-state index in [1.807, 2.05) is 0 Å². The number of ether oxygens (including phenoxy) is 3. The van der Waals surface area contributed by atoms with Gasteiger partial charge in [-0.05, 0) is 31.2 Å². The van der Waals surface area contributed by atoms with Crippen LogP contribution in [0.1, 0.15) is 18.6 Å². The van der Waals surface area contributed by atoms with Gasteiger partial charge in [0.25, 0.3) is 0 Å². The molecule has 2 aliphatic rings. The van der Waals surface area contributed by atoms with E-state index in [1.165, 1.54) is 31.2 Å². The van der Waals surface area contributed by atoms with Crippen LogP contribution in [0.2, 0.25) is 0 Å². The van der Waals surface area contributed by atoms with Crippen LogP contribution in [0.5, 0.6) is 17.2 Å². The number of fused-ring (bicyclic) bond motifs is 1. The molecule has 0 aliphatic carbocycles. The van der Waals surface area contributed by atoms with Crippen molar-refractivity contribution in [2.45, 2.75) is 68.1 Å². The zero-order valence-corrected chi connectivity index (χ0v) is 21.5. The molecule has 0 unspecified atom stereocenters. The fourth-order valence-electron chi connectivity index (χ4n) is 5.01. The van der Waals surface area contributed by atoms with Crippen LogP contribution in [-0.2, 0) is 9.47 Å². The standard InChI is InChI=1S/C27H30O14/c1-9-19(31)22(34)25(37)27(38-9)41-15-7-14-17(12(30)6-13(39-14)10-2-4-11(29)5-3-10)21(33)18(15)26-24(36)23(35)20(32)16(8-28)40-26/h2-7,9,16,19-20,22-29,31-37H,8H2,1H3/t9-,16-,19+,20-,22+,23+,24-,25-,26+,27+/m1/s1. The lowest BCUT2D eigenvalue weighted by atomic mass is 9.89. The summed E-state index contributed by atoms with van der Waals surface area (Å²) in [6, 6.07) is 7.93. The molecule has 0 spiro atoms. The number of rotatable bonds is 5. The molecule has 2 aromatic carbocycles. The van der Waals surface area contributed by atoms with Crippen molar-refractivity contribution in [1.82, 2.24) is 0 Å². The van der Waals surface area contributed by atoms with Crippen LogP contribution >= 0.6 is 0 Å². The Labute approximate surface area is 231 Å². The number of aliphatic hydroxyl groups is 7. The lowest BCUT2D eigenvalue weighted by molar-refractivity contribution is -0.269. The lowest BCUT2D eigenvalue weighted by Crippen LogP contribution is -2.58. The first-order valence-electron chi connectivity index (χ1n) is 12.7. The molecule has 1 aromatic heterocycles. The maximum Gasteiger partial charge on any atom is 0.229 e. The number of phenols is 2. The molecule has 5 rings (SSSR count). The first kappa shape index (κ1) is 29.2. The van der Waals surface area contributed by atoms with Crippen molar-refractivity contribution in [2.75, 3.05) is 6.61 Å². The van der Waals surface area contributed by atoms with Gasteiger partial charge in [-0.25, -0.2) is 0 Å². The van der Waals surface area contributed by atoms with Crippen LogP contribution in [0.15, 0.2) is 45.6 Å². The van der Waals surface area contributed by atoms with Gasteiger partial charge in [0.15, 0.2) is 5.43 Å². The highest BCUT2D eigenvalue weighted by Gasteiger charge is 2.48. The normalized spacial score (nSPS) is 34.0. The summed E-state index contributed by atoms with van der Waals surface area (Å²) >= 11 is 0. The Morgan fingerprint density at radius 3 is 2.15 bits per heavy atom. The second kappa shape index (κ2) is 11.2. The Bertz CT molecular complexity index is 1450. The predicted molar refractivity (Wildman–Crippen MR) is 137 cm³/mol. The van der Waals surface area contributed by atoms with Gasteiger partial charge < -0.3 is 64.6 Å². The molecule has 14 nitrogen and oxygen atoms in total. The first-order chi connectivity index (χ1) is 19.4. The van der Waals surface area contributed by atoms with Crippen molar-refractivity contribution in [2.24, 2.45) is 0 Å². The molecule has 0 bridgehead atoms. The fourth-order valence-corrected chi connectivity index (χ4v) is 5.01. The summed E-state index contributed by atoms with van der Waals surface area (Å²) in [7, 11) is 0. The van der Waals surface area contributed by atoms with Gasteiger partial charge in [-0.2, -0.15) is 0 Å². The summed E-state index contributed by atoms with van der Waals surface area (Å²) < 4.78 is 22.8. The molecule has 0 saturated carbocycles. The molecule has 14 heteroatoms. The largest absolute Gasteiger partial charge is 0.508 e. The molecule has 9 N–H and O–H groups in total. The Hall–Kier alpha value is -3.31. The highest BCUT2D eigenvalue weighted by Crippen LogP contribution is 2.46. The van der Waals surface area contributed by atoms with E-state index >= 15 is 0 Å². The number of hydrogen-bond donors (Lipinski definition) is 9. The zero-order valence-electron chi connectivity index (χ0n) is 21.5. The van der Waals surface area contributed by atoms with Crippen LogP contribution < -0.4 is 10.2 Å². The van der Waals surface area contributed by atoms with Gasteiger partial charge in [0.2, 0.25) is 6.29 Å². The minimum absolute atomic E-state index is 0.0260. The van der Waals surface area contributed by atoms with Crippen LogP contribution in [0, 0.1) is 0 Å². The van der Waals surface area contributed by atoms with E-state index in [4.69, 9.17) is 18.6 Å². The van der Waals surface area contributed by atoms with E-state index in [9.17, 15) is 50.8 Å². The van der Waals surface area contributed by atoms with Crippen LogP contribution in [0.3, 0.4) is 0 Å². The molecule has 10 atom stereocenters. The summed E-state index contributed by atoms with van der Waals surface area (Å²) in [5.41, 5.74) is -0.965. The lowest BCUT2D eigenvalue weighted by Gasteiger charge is -2.42. The second-order valence-electron chi connectivity index (χ2n) is 10.1. The van der Waals surface area contributed by atoms with Crippen molar-refractivity contribution in [3.05, 3.63) is 52.2 Å². The number of hydrogen-bond acceptors (Lipinski definition) is 14. The van der Waals surface area contributed by atoms with Crippen LogP contribution in [0.25, 0.3) is 22.3 Å². The van der Waals surface area contributed by atoms with E-state index in [-0.39, 0.29) is 28.2 Å². The highest BCUT2D eigenvalue weighted by atomic mass is 16.7. The predicted octanol–water partition coefficient (Wildman–Crippen LogP) is -1.41. The summed E-state index contributed by atoms with van der Waals surface area (Å²) in [4.78, 5) is 13.2. The highest BCUT2D eigenvalue weighted by molar-refractivity contribution is 5.88. The van der Waals surface area contributed by atoms with Crippen molar-refractivity contribution in [3.63, 3.8) is 0 Å². The Kier molecular flexibility index (Phi) is 7.95. The van der Waals surface area contributed by atoms with Gasteiger partial charge >= 0.3 is 0 Å². The first-order valence-corrected chi connectivity index (χ1v) is 12.7. The van der Waals surface area contributed by atoms with Crippen molar-refractivity contribution >= 4 is 11.0 Å². The van der Waals surface area contributed by atoms with Gasteiger partial charge in [-0.3, -0.25) is 4.79 Å². The quantitative estimate of drug-likeness (QED) is 0.169. The van der Waals surface area contributed by atoms with E-state index in [1.54, 1.807) is 0 Å². The number of aromatic hydroxyl groups is 2. The van der Waals surface area contributed by atoms with Gasteiger partial charge in [0, 0.05) is 17.7 Å². The summed E-state index contributed by atoms with van der Waals surface area (Å²) in [5.74, 6) is -1.16. The summed E-state index contributed by atoms with van der Waals surface area (Å²) in [5, 5.41) is 92.5. The van der Waals surface area contributed by atoms with Crippen molar-refractivity contribution < 1.29 is 64.6 Å². The number of phenolic OH excluding ortho intramolecular Hbond substituents is 2. The van der Waals surface area contributed by atoms with Crippen LogP contribution in [-0.4, -0.2) is 108 Å². The molecule has 2 fully saturated rings. The molecule has 0 amide bonds. The van der Waals surface area contributed by atoms with Crippen LogP contribution in [0.4, 0.5) is 0 Å². The maximum atomic E-state index is 13.2. The number of benzene rings is 2. The molecule has 222 valence electrons. The molecular formula is C27H30O14.